The Bertz CT molecular complexity index is 390. The van der Waals surface area contributed by atoms with Crippen LogP contribution in [0.25, 0.3) is 0 Å². The van der Waals surface area contributed by atoms with Gasteiger partial charge >= 0.3 is 0 Å². The molecule has 2 N–H and O–H groups in total. The number of benzene rings is 1. The molecule has 1 unspecified atom stereocenters. The highest BCUT2D eigenvalue weighted by atomic mass is 16.5. The van der Waals surface area contributed by atoms with E-state index in [0.29, 0.717) is 6.61 Å². The van der Waals surface area contributed by atoms with Crippen molar-refractivity contribution in [1.82, 2.24) is 0 Å². The first-order chi connectivity index (χ1) is 8.07. The van der Waals surface area contributed by atoms with Crippen LogP contribution in [0.15, 0.2) is 24.3 Å². The molecule has 0 saturated carbocycles. The first-order valence-corrected chi connectivity index (χ1v) is 6.32. The third-order valence-electron chi connectivity index (χ3n) is 3.72. The van der Waals surface area contributed by atoms with E-state index in [4.69, 9.17) is 10.5 Å². The van der Waals surface area contributed by atoms with E-state index >= 15 is 0 Å². The highest BCUT2D eigenvalue weighted by Gasteiger charge is 2.39. The molecule has 3 nitrogen and oxygen atoms in total. The highest BCUT2D eigenvalue weighted by molar-refractivity contribution is 5.61. The maximum absolute atomic E-state index is 6.18. The van der Waals surface area contributed by atoms with Crippen LogP contribution in [0.2, 0.25) is 0 Å². The molecule has 1 aromatic carbocycles. The molecule has 1 aromatic rings. The van der Waals surface area contributed by atoms with Crippen molar-refractivity contribution in [3.05, 3.63) is 24.3 Å². The molecule has 0 amide bonds. The molecule has 1 atom stereocenters. The highest BCUT2D eigenvalue weighted by Crippen LogP contribution is 2.38. The van der Waals surface area contributed by atoms with E-state index in [1.165, 1.54) is 0 Å². The lowest BCUT2D eigenvalue weighted by molar-refractivity contribution is 0.338. The number of anilines is 1. The Morgan fingerprint density at radius 1 is 1.41 bits per heavy atom. The fraction of sp³-hybridized carbons (Fsp3) is 0.571. The van der Waals surface area contributed by atoms with Crippen molar-refractivity contribution in [3.8, 4) is 5.75 Å². The minimum Gasteiger partial charge on any atom is -0.492 e. The maximum atomic E-state index is 6.18. The molecule has 1 fully saturated rings. The van der Waals surface area contributed by atoms with E-state index < -0.39 is 0 Å². The van der Waals surface area contributed by atoms with Crippen molar-refractivity contribution in [2.75, 3.05) is 18.1 Å². The average Bonchev–Trinajstić information content (AvgIpc) is 2.56. The Morgan fingerprint density at radius 3 is 2.71 bits per heavy atom. The number of hydrogen-bond acceptors (Lipinski definition) is 3. The Balaban J connectivity index is 2.34. The fourth-order valence-electron chi connectivity index (χ4n) is 2.50. The van der Waals surface area contributed by atoms with Crippen LogP contribution in [-0.2, 0) is 0 Å². The summed E-state index contributed by atoms with van der Waals surface area (Å²) in [5, 5.41) is 0. The van der Waals surface area contributed by atoms with Crippen molar-refractivity contribution in [3.63, 3.8) is 0 Å². The van der Waals surface area contributed by atoms with Gasteiger partial charge in [-0.15, -0.1) is 0 Å². The summed E-state index contributed by atoms with van der Waals surface area (Å²) in [5.74, 6) is 0.956. The van der Waals surface area contributed by atoms with Crippen LogP contribution in [0, 0.1) is 0 Å². The van der Waals surface area contributed by atoms with Gasteiger partial charge in [-0.1, -0.05) is 12.1 Å². The lowest BCUT2D eigenvalue weighted by Gasteiger charge is -2.37. The summed E-state index contributed by atoms with van der Waals surface area (Å²) in [5.41, 5.74) is 7.33. The van der Waals surface area contributed by atoms with Crippen LogP contribution >= 0.6 is 0 Å². The molecule has 0 aromatic heterocycles. The standard InChI is InChI=1S/C14H22N2O/c1-4-17-12-8-6-5-7-11(12)16-10-9-13(15)14(16,2)3/h5-8,13H,4,9-10,15H2,1-3H3. The third-order valence-corrected chi connectivity index (χ3v) is 3.72. The van der Waals surface area contributed by atoms with Crippen LogP contribution in [0.5, 0.6) is 5.75 Å². The molecule has 2 rings (SSSR count). The molecular formula is C14H22N2O. The predicted octanol–water partition coefficient (Wildman–Crippen LogP) is 2.40. The van der Waals surface area contributed by atoms with Crippen LogP contribution in [0.4, 0.5) is 5.69 Å². The normalized spacial score (nSPS) is 22.8. The van der Waals surface area contributed by atoms with E-state index in [-0.39, 0.29) is 11.6 Å². The van der Waals surface area contributed by atoms with Crippen LogP contribution in [0.1, 0.15) is 27.2 Å². The minimum atomic E-state index is -0.00674. The number of para-hydroxylation sites is 2. The monoisotopic (exact) mass is 234 g/mol. The summed E-state index contributed by atoms with van der Waals surface area (Å²) in [6, 6.07) is 8.43. The molecule has 17 heavy (non-hydrogen) atoms. The van der Waals surface area contributed by atoms with Gasteiger partial charge in [-0.3, -0.25) is 0 Å². The number of hydrogen-bond donors (Lipinski definition) is 1. The minimum absolute atomic E-state index is 0.00674. The second-order valence-electron chi connectivity index (χ2n) is 5.10. The lowest BCUT2D eigenvalue weighted by Crippen LogP contribution is -2.49. The molecule has 3 heteroatoms. The van der Waals surface area contributed by atoms with Crippen LogP contribution in [-0.4, -0.2) is 24.7 Å². The van der Waals surface area contributed by atoms with Gasteiger partial charge in [0, 0.05) is 18.1 Å². The van der Waals surface area contributed by atoms with Gasteiger partial charge in [-0.2, -0.15) is 0 Å². The smallest absolute Gasteiger partial charge is 0.142 e. The summed E-state index contributed by atoms with van der Waals surface area (Å²) >= 11 is 0. The van der Waals surface area contributed by atoms with Crippen molar-refractivity contribution in [1.29, 1.82) is 0 Å². The summed E-state index contributed by atoms with van der Waals surface area (Å²) in [4.78, 5) is 2.36. The van der Waals surface area contributed by atoms with Gasteiger partial charge in [-0.05, 0) is 39.3 Å². The molecule has 1 saturated heterocycles. The van der Waals surface area contributed by atoms with Gasteiger partial charge in [0.15, 0.2) is 0 Å². The van der Waals surface area contributed by atoms with E-state index in [2.05, 4.69) is 30.9 Å². The van der Waals surface area contributed by atoms with Crippen molar-refractivity contribution < 1.29 is 4.74 Å². The summed E-state index contributed by atoms with van der Waals surface area (Å²) in [6.07, 6.45) is 1.04. The van der Waals surface area contributed by atoms with Crippen molar-refractivity contribution >= 4 is 5.69 Å². The largest absolute Gasteiger partial charge is 0.492 e. The summed E-state index contributed by atoms with van der Waals surface area (Å²) in [6.45, 7) is 8.11. The maximum Gasteiger partial charge on any atom is 0.142 e. The molecular weight excluding hydrogens is 212 g/mol. The Hall–Kier alpha value is -1.22. The van der Waals surface area contributed by atoms with E-state index in [9.17, 15) is 0 Å². The lowest BCUT2D eigenvalue weighted by atomic mass is 9.96. The van der Waals surface area contributed by atoms with Crippen LogP contribution in [0.3, 0.4) is 0 Å². The Kier molecular flexibility index (Phi) is 3.29. The Labute approximate surface area is 104 Å². The second kappa shape index (κ2) is 4.57. The number of ether oxygens (including phenoxy) is 1. The van der Waals surface area contributed by atoms with E-state index in [1.54, 1.807) is 0 Å². The summed E-state index contributed by atoms with van der Waals surface area (Å²) < 4.78 is 5.70. The Morgan fingerprint density at radius 2 is 2.12 bits per heavy atom. The zero-order valence-electron chi connectivity index (χ0n) is 10.9. The third kappa shape index (κ3) is 2.12. The molecule has 0 aliphatic carbocycles. The van der Waals surface area contributed by atoms with Crippen LogP contribution < -0.4 is 15.4 Å². The average molecular weight is 234 g/mol. The van der Waals surface area contributed by atoms with Gasteiger partial charge in [0.05, 0.1) is 12.3 Å². The van der Waals surface area contributed by atoms with Gasteiger partial charge in [0.2, 0.25) is 0 Å². The topological polar surface area (TPSA) is 38.5 Å². The molecule has 0 bridgehead atoms. The number of nitrogens with zero attached hydrogens (tertiary/aromatic N) is 1. The zero-order chi connectivity index (χ0) is 12.5. The number of rotatable bonds is 3. The van der Waals surface area contributed by atoms with Gasteiger partial charge in [0.1, 0.15) is 5.75 Å². The molecule has 0 spiro atoms. The van der Waals surface area contributed by atoms with Gasteiger partial charge in [0.25, 0.3) is 0 Å². The zero-order valence-corrected chi connectivity index (χ0v) is 10.9. The first-order valence-electron chi connectivity index (χ1n) is 6.32. The van der Waals surface area contributed by atoms with E-state index in [0.717, 1.165) is 24.4 Å². The van der Waals surface area contributed by atoms with Gasteiger partial charge in [-0.25, -0.2) is 0 Å². The second-order valence-corrected chi connectivity index (χ2v) is 5.10. The fourth-order valence-corrected chi connectivity index (χ4v) is 2.50. The predicted molar refractivity (Wildman–Crippen MR) is 71.6 cm³/mol. The molecule has 1 aliphatic rings. The van der Waals surface area contributed by atoms with Gasteiger partial charge < -0.3 is 15.4 Å². The quantitative estimate of drug-likeness (QED) is 0.872. The number of nitrogens with two attached hydrogens (primary N) is 1. The molecule has 94 valence electrons. The van der Waals surface area contributed by atoms with E-state index in [1.807, 2.05) is 19.1 Å². The van der Waals surface area contributed by atoms with Crippen molar-refractivity contribution in [2.45, 2.75) is 38.8 Å². The molecule has 0 radical (unpaired) electrons. The molecule has 1 heterocycles. The van der Waals surface area contributed by atoms with Crippen molar-refractivity contribution in [2.24, 2.45) is 5.73 Å². The molecule has 1 aliphatic heterocycles. The summed E-state index contributed by atoms with van der Waals surface area (Å²) in [7, 11) is 0. The first kappa shape index (κ1) is 12.2. The SMILES string of the molecule is CCOc1ccccc1N1CCC(N)C1(C)C.